The van der Waals surface area contributed by atoms with E-state index in [4.69, 9.17) is 15.9 Å². The summed E-state index contributed by atoms with van der Waals surface area (Å²) in [5.74, 6) is 2.79. The Balaban J connectivity index is 3.00. The summed E-state index contributed by atoms with van der Waals surface area (Å²) in [7, 11) is 1.58. The maximum absolute atomic E-state index is 11.9. The van der Waals surface area contributed by atoms with Gasteiger partial charge in [-0.25, -0.2) is 4.79 Å². The minimum absolute atomic E-state index is 0.285. The predicted molar refractivity (Wildman–Crippen MR) is 76.9 cm³/mol. The van der Waals surface area contributed by atoms with E-state index in [1.807, 2.05) is 6.07 Å². The lowest BCUT2D eigenvalue weighted by Gasteiger charge is -2.17. The summed E-state index contributed by atoms with van der Waals surface area (Å²) in [4.78, 5) is 11.9. The number of rotatable bonds is 6. The van der Waals surface area contributed by atoms with Crippen LogP contribution < -0.4 is 10.1 Å². The van der Waals surface area contributed by atoms with Gasteiger partial charge in [-0.3, -0.25) is 5.32 Å². The topological polar surface area (TPSA) is 47.6 Å². The second kappa shape index (κ2) is 7.82. The number of ether oxygens (including phenoxy) is 2. The van der Waals surface area contributed by atoms with Crippen LogP contribution in [0.4, 0.5) is 0 Å². The smallest absolute Gasteiger partial charge is 0.327 e. The minimum Gasteiger partial charge on any atom is -0.496 e. The van der Waals surface area contributed by atoms with Gasteiger partial charge in [-0.05, 0) is 40.5 Å². The van der Waals surface area contributed by atoms with Crippen molar-refractivity contribution in [3.8, 4) is 18.1 Å². The highest BCUT2D eigenvalue weighted by molar-refractivity contribution is 9.10. The fourth-order valence-electron chi connectivity index (χ4n) is 1.59. The molecule has 0 aliphatic rings. The number of halogens is 1. The fourth-order valence-corrected chi connectivity index (χ4v) is 2.14. The van der Waals surface area contributed by atoms with Crippen LogP contribution in [-0.4, -0.2) is 26.2 Å². The van der Waals surface area contributed by atoms with Gasteiger partial charge < -0.3 is 9.47 Å². The number of methoxy groups -OCH3 is 1. The predicted octanol–water partition coefficient (Wildman–Crippen LogP) is 2.28. The van der Waals surface area contributed by atoms with Gasteiger partial charge in [-0.15, -0.1) is 6.42 Å². The first-order valence-corrected chi connectivity index (χ1v) is 6.60. The zero-order chi connectivity index (χ0) is 14.3. The lowest BCUT2D eigenvalue weighted by atomic mass is 10.1. The second-order valence-electron chi connectivity index (χ2n) is 3.66. The Labute approximate surface area is 121 Å². The van der Waals surface area contributed by atoms with Crippen molar-refractivity contribution in [3.05, 3.63) is 28.2 Å². The number of carbonyl (C=O) groups is 1. The van der Waals surface area contributed by atoms with E-state index in [0.717, 1.165) is 10.0 Å². The van der Waals surface area contributed by atoms with Crippen LogP contribution in [-0.2, 0) is 9.53 Å². The molecule has 0 amide bonds. The molecule has 0 saturated carbocycles. The SMILES string of the molecule is C#CCNC(C(=O)OCC)c1ccc(OC)c(Br)c1. The molecule has 1 aromatic carbocycles. The molecule has 0 bridgehead atoms. The molecule has 0 aromatic heterocycles. The number of terminal acetylenes is 1. The van der Waals surface area contributed by atoms with Crippen LogP contribution in [0.2, 0.25) is 0 Å². The summed E-state index contributed by atoms with van der Waals surface area (Å²) in [6.07, 6.45) is 5.21. The van der Waals surface area contributed by atoms with Gasteiger partial charge in [0.05, 0.1) is 24.7 Å². The van der Waals surface area contributed by atoms with Crippen molar-refractivity contribution in [1.29, 1.82) is 0 Å². The molecule has 1 unspecified atom stereocenters. The number of benzene rings is 1. The molecule has 102 valence electrons. The largest absolute Gasteiger partial charge is 0.496 e. The average molecular weight is 326 g/mol. The first kappa shape index (κ1) is 15.5. The molecule has 0 saturated heterocycles. The van der Waals surface area contributed by atoms with Crippen LogP contribution in [0.5, 0.6) is 5.75 Å². The van der Waals surface area contributed by atoms with Gasteiger partial charge >= 0.3 is 5.97 Å². The van der Waals surface area contributed by atoms with E-state index in [-0.39, 0.29) is 12.5 Å². The summed E-state index contributed by atoms with van der Waals surface area (Å²) in [6.45, 7) is 2.37. The van der Waals surface area contributed by atoms with Crippen LogP contribution in [0, 0.1) is 12.3 Å². The lowest BCUT2D eigenvalue weighted by molar-refractivity contribution is -0.145. The normalized spacial score (nSPS) is 11.5. The summed E-state index contributed by atoms with van der Waals surface area (Å²) in [6, 6.07) is 4.81. The zero-order valence-electron chi connectivity index (χ0n) is 10.9. The lowest BCUT2D eigenvalue weighted by Crippen LogP contribution is -2.30. The van der Waals surface area contributed by atoms with E-state index in [1.54, 1.807) is 26.2 Å². The maximum Gasteiger partial charge on any atom is 0.327 e. The molecule has 1 aromatic rings. The molecular weight excluding hydrogens is 310 g/mol. The maximum atomic E-state index is 11.9. The zero-order valence-corrected chi connectivity index (χ0v) is 12.5. The molecule has 0 heterocycles. The molecule has 0 aliphatic carbocycles. The van der Waals surface area contributed by atoms with E-state index < -0.39 is 6.04 Å². The summed E-state index contributed by atoms with van der Waals surface area (Å²) in [5.41, 5.74) is 0.765. The van der Waals surface area contributed by atoms with Gasteiger partial charge in [0.2, 0.25) is 0 Å². The first-order chi connectivity index (χ1) is 9.13. The van der Waals surface area contributed by atoms with Crippen molar-refractivity contribution in [2.45, 2.75) is 13.0 Å². The molecule has 0 aliphatic heterocycles. The first-order valence-electron chi connectivity index (χ1n) is 5.81. The van der Waals surface area contributed by atoms with Gasteiger partial charge in [0.15, 0.2) is 0 Å². The number of nitrogens with one attached hydrogen (secondary N) is 1. The van der Waals surface area contributed by atoms with Crippen molar-refractivity contribution in [3.63, 3.8) is 0 Å². The van der Waals surface area contributed by atoms with E-state index in [9.17, 15) is 4.79 Å². The average Bonchev–Trinajstić information content (AvgIpc) is 2.39. The Morgan fingerprint density at radius 2 is 2.32 bits per heavy atom. The monoisotopic (exact) mass is 325 g/mol. The third-order valence-corrected chi connectivity index (χ3v) is 3.06. The summed E-state index contributed by atoms with van der Waals surface area (Å²) < 4.78 is 11.0. The van der Waals surface area contributed by atoms with E-state index in [0.29, 0.717) is 12.4 Å². The van der Waals surface area contributed by atoms with E-state index in [1.165, 1.54) is 0 Å². The van der Waals surface area contributed by atoms with Crippen LogP contribution >= 0.6 is 15.9 Å². The molecule has 0 fully saturated rings. The van der Waals surface area contributed by atoms with Crippen LogP contribution in [0.3, 0.4) is 0 Å². The second-order valence-corrected chi connectivity index (χ2v) is 4.52. The Kier molecular flexibility index (Phi) is 6.40. The third kappa shape index (κ3) is 4.27. The van der Waals surface area contributed by atoms with Crippen LogP contribution in [0.15, 0.2) is 22.7 Å². The molecule has 1 rings (SSSR count). The molecule has 19 heavy (non-hydrogen) atoms. The molecule has 0 spiro atoms. The highest BCUT2D eigenvalue weighted by atomic mass is 79.9. The molecular formula is C14H16BrNO3. The van der Waals surface area contributed by atoms with Gasteiger partial charge in [-0.2, -0.15) is 0 Å². The molecule has 1 N–H and O–H groups in total. The number of esters is 1. The Morgan fingerprint density at radius 1 is 1.58 bits per heavy atom. The fraction of sp³-hybridized carbons (Fsp3) is 0.357. The van der Waals surface area contributed by atoms with Crippen molar-refractivity contribution >= 4 is 21.9 Å². The highest BCUT2D eigenvalue weighted by Crippen LogP contribution is 2.28. The Hall–Kier alpha value is -1.51. The molecule has 1 atom stereocenters. The van der Waals surface area contributed by atoms with Crippen molar-refractivity contribution in [1.82, 2.24) is 5.32 Å². The quantitative estimate of drug-likeness (QED) is 0.644. The van der Waals surface area contributed by atoms with Gasteiger partial charge in [-0.1, -0.05) is 12.0 Å². The molecule has 5 heteroatoms. The third-order valence-electron chi connectivity index (χ3n) is 2.44. The Bertz CT molecular complexity index is 482. The van der Waals surface area contributed by atoms with E-state index >= 15 is 0 Å². The standard InChI is InChI=1S/C14H16BrNO3/c1-4-8-16-13(14(17)19-5-2)10-6-7-12(18-3)11(15)9-10/h1,6-7,9,13,16H,5,8H2,2-3H3. The van der Waals surface area contributed by atoms with Crippen molar-refractivity contribution < 1.29 is 14.3 Å². The molecule has 0 radical (unpaired) electrons. The number of hydrogen-bond donors (Lipinski definition) is 1. The Morgan fingerprint density at radius 3 is 2.84 bits per heavy atom. The molecule has 4 nitrogen and oxygen atoms in total. The number of carbonyl (C=O) groups excluding carboxylic acids is 1. The minimum atomic E-state index is -0.585. The van der Waals surface area contributed by atoms with Crippen LogP contribution in [0.25, 0.3) is 0 Å². The van der Waals surface area contributed by atoms with Crippen molar-refractivity contribution in [2.24, 2.45) is 0 Å². The van der Waals surface area contributed by atoms with Crippen LogP contribution in [0.1, 0.15) is 18.5 Å². The number of hydrogen-bond acceptors (Lipinski definition) is 4. The van der Waals surface area contributed by atoms with Crippen molar-refractivity contribution in [2.75, 3.05) is 20.3 Å². The summed E-state index contributed by atoms with van der Waals surface area (Å²) >= 11 is 3.39. The van der Waals surface area contributed by atoms with Gasteiger partial charge in [0.1, 0.15) is 11.8 Å². The van der Waals surface area contributed by atoms with Gasteiger partial charge in [0, 0.05) is 0 Å². The van der Waals surface area contributed by atoms with Gasteiger partial charge in [0.25, 0.3) is 0 Å². The highest BCUT2D eigenvalue weighted by Gasteiger charge is 2.21. The van der Waals surface area contributed by atoms with E-state index in [2.05, 4.69) is 27.2 Å². The summed E-state index contributed by atoms with van der Waals surface area (Å²) in [5, 5.41) is 2.96.